The number of hydrogen-bond acceptors (Lipinski definition) is 4. The molecule has 0 aliphatic carbocycles. The molecule has 1 fully saturated rings. The Hall–Kier alpha value is -0.470. The summed E-state index contributed by atoms with van der Waals surface area (Å²) in [5.41, 5.74) is 0.982. The zero-order valence-corrected chi connectivity index (χ0v) is 13.2. The van der Waals surface area contributed by atoms with Gasteiger partial charge in [-0.2, -0.15) is 4.31 Å². The van der Waals surface area contributed by atoms with Crippen LogP contribution in [0.15, 0.2) is 27.6 Å². The maximum Gasteiger partial charge on any atom is 0.244 e. The Morgan fingerprint density at radius 2 is 2.11 bits per heavy atom. The van der Waals surface area contributed by atoms with E-state index in [4.69, 9.17) is 0 Å². The number of halogens is 1. The lowest BCUT2D eigenvalue weighted by molar-refractivity contribution is 0.136. The summed E-state index contributed by atoms with van der Waals surface area (Å²) in [4.78, 5) is 0.222. The quantitative estimate of drug-likeness (QED) is 0.843. The Labute approximate surface area is 121 Å². The zero-order valence-electron chi connectivity index (χ0n) is 10.8. The summed E-state index contributed by atoms with van der Waals surface area (Å²) < 4.78 is 26.9. The van der Waals surface area contributed by atoms with Gasteiger partial charge in [-0.3, -0.25) is 0 Å². The molecule has 2 rings (SSSR count). The van der Waals surface area contributed by atoms with Crippen molar-refractivity contribution in [2.45, 2.75) is 24.0 Å². The minimum atomic E-state index is -3.62. The number of nitrogens with one attached hydrogen (secondary N) is 1. The first kappa shape index (κ1) is 14.9. The fourth-order valence-electron chi connectivity index (χ4n) is 2.17. The summed E-state index contributed by atoms with van der Waals surface area (Å²) in [6.45, 7) is 2.77. The summed E-state index contributed by atoms with van der Waals surface area (Å²) in [5.74, 6) is 0. The summed E-state index contributed by atoms with van der Waals surface area (Å²) in [5, 5.41) is 12.8. The second-order valence-electron chi connectivity index (χ2n) is 4.75. The Morgan fingerprint density at radius 1 is 1.42 bits per heavy atom. The predicted octanol–water partition coefficient (Wildman–Crippen LogP) is 0.711. The van der Waals surface area contributed by atoms with Gasteiger partial charge in [-0.1, -0.05) is 6.07 Å². The van der Waals surface area contributed by atoms with Gasteiger partial charge in [-0.05, 0) is 40.5 Å². The first-order valence-corrected chi connectivity index (χ1v) is 8.20. The molecule has 7 heteroatoms. The van der Waals surface area contributed by atoms with Crippen LogP contribution >= 0.6 is 15.9 Å². The first-order valence-electron chi connectivity index (χ1n) is 5.97. The Morgan fingerprint density at radius 3 is 2.63 bits per heavy atom. The van der Waals surface area contributed by atoms with Crippen molar-refractivity contribution in [2.24, 2.45) is 0 Å². The van der Waals surface area contributed by atoms with E-state index in [1.165, 1.54) is 11.4 Å². The highest BCUT2D eigenvalue weighted by molar-refractivity contribution is 9.10. The molecule has 0 bridgehead atoms. The minimum Gasteiger partial charge on any atom is -0.390 e. The van der Waals surface area contributed by atoms with Crippen molar-refractivity contribution < 1.29 is 13.5 Å². The highest BCUT2D eigenvalue weighted by atomic mass is 79.9. The van der Waals surface area contributed by atoms with Gasteiger partial charge in [-0.15, -0.1) is 0 Å². The molecule has 0 radical (unpaired) electrons. The van der Waals surface area contributed by atoms with Crippen LogP contribution in [0, 0.1) is 6.92 Å². The average molecular weight is 349 g/mol. The van der Waals surface area contributed by atoms with E-state index in [2.05, 4.69) is 21.2 Å². The van der Waals surface area contributed by atoms with E-state index in [0.29, 0.717) is 17.6 Å². The van der Waals surface area contributed by atoms with Gasteiger partial charge in [0.2, 0.25) is 10.0 Å². The van der Waals surface area contributed by atoms with Crippen LogP contribution < -0.4 is 5.32 Å². The number of hydrogen-bond donors (Lipinski definition) is 2. The number of aryl methyl sites for hydroxylation is 1. The minimum absolute atomic E-state index is 0.222. The number of likely N-dealkylation sites (N-methyl/N-ethyl adjacent to an activating group) is 1. The highest BCUT2D eigenvalue weighted by Crippen LogP contribution is 2.27. The average Bonchev–Trinajstić information content (AvgIpc) is 2.73. The van der Waals surface area contributed by atoms with E-state index in [-0.39, 0.29) is 4.90 Å². The van der Waals surface area contributed by atoms with Crippen molar-refractivity contribution in [1.82, 2.24) is 9.62 Å². The lowest BCUT2D eigenvalue weighted by Gasteiger charge is -2.26. The van der Waals surface area contributed by atoms with Gasteiger partial charge in [0.1, 0.15) is 0 Å². The van der Waals surface area contributed by atoms with Crippen LogP contribution in [-0.4, -0.2) is 50.1 Å². The molecule has 1 aliphatic rings. The molecule has 106 valence electrons. The molecule has 1 aromatic carbocycles. The number of nitrogens with zero attached hydrogens (tertiary/aromatic N) is 1. The third kappa shape index (κ3) is 2.85. The third-order valence-corrected chi connectivity index (χ3v) is 6.22. The molecule has 0 aromatic heterocycles. The van der Waals surface area contributed by atoms with Gasteiger partial charge >= 0.3 is 0 Å². The molecule has 1 aromatic rings. The van der Waals surface area contributed by atoms with E-state index >= 15 is 0 Å². The van der Waals surface area contributed by atoms with Gasteiger partial charge in [0.05, 0.1) is 17.0 Å². The molecule has 2 atom stereocenters. The largest absolute Gasteiger partial charge is 0.390 e. The van der Waals surface area contributed by atoms with E-state index < -0.39 is 22.2 Å². The normalized spacial score (nSPS) is 24.1. The molecule has 1 heterocycles. The summed E-state index contributed by atoms with van der Waals surface area (Å²) in [7, 11) is -2.11. The summed E-state index contributed by atoms with van der Waals surface area (Å²) >= 11 is 3.29. The monoisotopic (exact) mass is 348 g/mol. The van der Waals surface area contributed by atoms with Gasteiger partial charge in [-0.25, -0.2) is 8.42 Å². The molecule has 0 spiro atoms. The van der Waals surface area contributed by atoms with E-state index in [0.717, 1.165) is 5.56 Å². The van der Waals surface area contributed by atoms with Crippen molar-refractivity contribution in [1.29, 1.82) is 0 Å². The van der Waals surface area contributed by atoms with Crippen molar-refractivity contribution in [3.05, 3.63) is 28.2 Å². The first-order chi connectivity index (χ1) is 8.84. The fraction of sp³-hybridized carbons (Fsp3) is 0.500. The third-order valence-electron chi connectivity index (χ3n) is 3.36. The maximum absolute atomic E-state index is 12.6. The molecule has 5 nitrogen and oxygen atoms in total. The fourth-order valence-corrected chi connectivity index (χ4v) is 4.70. The summed E-state index contributed by atoms with van der Waals surface area (Å²) in [6.07, 6.45) is -0.677. The second kappa shape index (κ2) is 5.49. The topological polar surface area (TPSA) is 69.6 Å². The van der Waals surface area contributed by atoms with Gasteiger partial charge in [0, 0.05) is 24.6 Å². The lowest BCUT2D eigenvalue weighted by atomic mass is 10.2. The Balaban J connectivity index is 2.36. The van der Waals surface area contributed by atoms with E-state index in [9.17, 15) is 13.5 Å². The van der Waals surface area contributed by atoms with Gasteiger partial charge < -0.3 is 10.4 Å². The number of rotatable bonds is 3. The van der Waals surface area contributed by atoms with Gasteiger partial charge in [0.25, 0.3) is 0 Å². The molecule has 0 saturated carbocycles. The van der Waals surface area contributed by atoms with Crippen LogP contribution in [0.3, 0.4) is 0 Å². The smallest absolute Gasteiger partial charge is 0.244 e. The van der Waals surface area contributed by atoms with Crippen LogP contribution in [0.5, 0.6) is 0 Å². The van der Waals surface area contributed by atoms with Crippen LogP contribution in [0.4, 0.5) is 0 Å². The number of sulfonamides is 1. The molecule has 1 aliphatic heterocycles. The predicted molar refractivity (Wildman–Crippen MR) is 76.5 cm³/mol. The van der Waals surface area contributed by atoms with Crippen molar-refractivity contribution in [3.8, 4) is 0 Å². The lowest BCUT2D eigenvalue weighted by Crippen LogP contribution is -2.44. The maximum atomic E-state index is 12.6. The zero-order chi connectivity index (χ0) is 14.2. The van der Waals surface area contributed by atoms with Gasteiger partial charge in [0.15, 0.2) is 0 Å². The molecule has 0 amide bonds. The SMILES string of the molecule is Cc1ccc(S(=O)(=O)N(C)[C@H]2CNC[C@@H]2O)c(Br)c1. The molecular weight excluding hydrogens is 332 g/mol. The molecular formula is C12H17BrN2O3S. The van der Waals surface area contributed by atoms with E-state index in [1.54, 1.807) is 18.2 Å². The molecule has 2 N–H and O–H groups in total. The number of aliphatic hydroxyl groups excluding tert-OH is 1. The second-order valence-corrected chi connectivity index (χ2v) is 7.57. The molecule has 0 unspecified atom stereocenters. The number of β-amino-alcohol motifs (C(OH)–C–C–N with tert-alkyl or cyclic N) is 1. The Bertz CT molecular complexity index is 576. The standard InChI is InChI=1S/C12H17BrN2O3S/c1-8-3-4-12(9(13)5-8)19(17,18)15(2)10-6-14-7-11(10)16/h3-5,10-11,14,16H,6-7H2,1-2H3/t10-,11-/m0/s1. The van der Waals surface area contributed by atoms with Crippen LogP contribution in [0.25, 0.3) is 0 Å². The van der Waals surface area contributed by atoms with Crippen molar-refractivity contribution in [2.75, 3.05) is 20.1 Å². The highest BCUT2D eigenvalue weighted by Gasteiger charge is 2.36. The summed E-state index contributed by atoms with van der Waals surface area (Å²) in [6, 6.07) is 4.68. The van der Waals surface area contributed by atoms with Crippen LogP contribution in [0.2, 0.25) is 0 Å². The molecule has 1 saturated heterocycles. The number of aliphatic hydroxyl groups is 1. The van der Waals surface area contributed by atoms with Crippen LogP contribution in [-0.2, 0) is 10.0 Å². The van der Waals surface area contributed by atoms with E-state index in [1.807, 2.05) is 6.92 Å². The van der Waals surface area contributed by atoms with Crippen LogP contribution in [0.1, 0.15) is 5.56 Å². The number of benzene rings is 1. The van der Waals surface area contributed by atoms with Crippen molar-refractivity contribution >= 4 is 26.0 Å². The molecule has 19 heavy (non-hydrogen) atoms. The van der Waals surface area contributed by atoms with Crippen molar-refractivity contribution in [3.63, 3.8) is 0 Å². The Kier molecular flexibility index (Phi) is 4.32.